The highest BCUT2D eigenvalue weighted by atomic mass is 35.5. The number of hydrogen-bond acceptors (Lipinski definition) is 4. The second kappa shape index (κ2) is 13.3. The first kappa shape index (κ1) is 25.1. The lowest BCUT2D eigenvalue weighted by Crippen LogP contribution is -2.49. The highest BCUT2D eigenvalue weighted by Gasteiger charge is 2.26. The van der Waals surface area contributed by atoms with Crippen LogP contribution in [0.4, 0.5) is 0 Å². The molecule has 1 aromatic rings. The van der Waals surface area contributed by atoms with E-state index >= 15 is 0 Å². The number of nitrogens with zero attached hydrogens (tertiary/aromatic N) is 2. The number of carbonyl (C=O) groups is 1. The molecule has 0 bridgehead atoms. The number of morpholine rings is 1. The second-order valence-corrected chi connectivity index (χ2v) is 6.67. The molecule has 1 aromatic carbocycles. The van der Waals surface area contributed by atoms with Gasteiger partial charge >= 0.3 is 0 Å². The Morgan fingerprint density at radius 3 is 2.38 bits per heavy atom. The fourth-order valence-corrected chi connectivity index (χ4v) is 3.16. The maximum absolute atomic E-state index is 13.0. The van der Waals surface area contributed by atoms with Crippen molar-refractivity contribution in [1.82, 2.24) is 15.1 Å². The molecule has 0 aromatic heterocycles. The standard InChI is InChI=1S/C19H31N3O2.2ClH/c1-16(13-20-3)19(23)22(15-18-7-5-4-6-8-18)17(2)14-21-9-11-24-12-10-21;;/h4-8,16-17,20H,9-15H2,1-3H3;2*1H. The van der Waals surface area contributed by atoms with Gasteiger partial charge in [0, 0.05) is 44.7 Å². The first-order valence-corrected chi connectivity index (χ1v) is 8.91. The predicted molar refractivity (Wildman–Crippen MR) is 111 cm³/mol. The topological polar surface area (TPSA) is 44.8 Å². The Morgan fingerprint density at radius 1 is 1.19 bits per heavy atom. The van der Waals surface area contributed by atoms with Gasteiger partial charge in [0.2, 0.25) is 5.91 Å². The molecular weight excluding hydrogens is 373 g/mol. The number of nitrogens with one attached hydrogen (secondary N) is 1. The van der Waals surface area contributed by atoms with Gasteiger partial charge in [0.1, 0.15) is 0 Å². The summed E-state index contributed by atoms with van der Waals surface area (Å²) in [5.74, 6) is 0.194. The molecule has 26 heavy (non-hydrogen) atoms. The summed E-state index contributed by atoms with van der Waals surface area (Å²) in [5, 5.41) is 3.11. The zero-order valence-electron chi connectivity index (χ0n) is 16.0. The molecule has 7 heteroatoms. The zero-order chi connectivity index (χ0) is 17.4. The summed E-state index contributed by atoms with van der Waals surface area (Å²) >= 11 is 0. The molecule has 0 aliphatic carbocycles. The Hall–Kier alpha value is -0.850. The maximum atomic E-state index is 13.0. The van der Waals surface area contributed by atoms with Crippen LogP contribution in [0.25, 0.3) is 0 Å². The van der Waals surface area contributed by atoms with Gasteiger partial charge in [0.25, 0.3) is 0 Å². The Balaban J connectivity index is 0.00000312. The molecule has 0 spiro atoms. The van der Waals surface area contributed by atoms with Crippen molar-refractivity contribution in [3.63, 3.8) is 0 Å². The largest absolute Gasteiger partial charge is 0.379 e. The minimum atomic E-state index is -0.0224. The highest BCUT2D eigenvalue weighted by Crippen LogP contribution is 2.14. The molecule has 1 aliphatic rings. The number of amides is 1. The maximum Gasteiger partial charge on any atom is 0.227 e. The molecule has 1 fully saturated rings. The molecule has 1 saturated heterocycles. The van der Waals surface area contributed by atoms with E-state index in [0.29, 0.717) is 13.1 Å². The Morgan fingerprint density at radius 2 is 1.81 bits per heavy atom. The molecule has 1 amide bonds. The van der Waals surface area contributed by atoms with Gasteiger partial charge in [-0.25, -0.2) is 0 Å². The number of benzene rings is 1. The number of hydrogen-bond donors (Lipinski definition) is 1. The van der Waals surface area contributed by atoms with Crippen molar-refractivity contribution in [1.29, 1.82) is 0 Å². The van der Waals surface area contributed by atoms with Gasteiger partial charge < -0.3 is 15.0 Å². The van der Waals surface area contributed by atoms with E-state index in [0.717, 1.165) is 32.8 Å². The van der Waals surface area contributed by atoms with Gasteiger partial charge in [-0.2, -0.15) is 0 Å². The van der Waals surface area contributed by atoms with Gasteiger partial charge in [0.15, 0.2) is 0 Å². The third-order valence-electron chi connectivity index (χ3n) is 4.57. The second-order valence-electron chi connectivity index (χ2n) is 6.67. The van der Waals surface area contributed by atoms with E-state index in [9.17, 15) is 4.79 Å². The minimum absolute atomic E-state index is 0. The van der Waals surface area contributed by atoms with Crippen molar-refractivity contribution in [3.8, 4) is 0 Å². The monoisotopic (exact) mass is 405 g/mol. The first-order valence-electron chi connectivity index (χ1n) is 8.91. The molecule has 1 aliphatic heterocycles. The van der Waals surface area contributed by atoms with E-state index in [1.165, 1.54) is 5.56 Å². The van der Waals surface area contributed by atoms with E-state index < -0.39 is 0 Å². The van der Waals surface area contributed by atoms with E-state index in [2.05, 4.69) is 29.3 Å². The van der Waals surface area contributed by atoms with E-state index in [1.807, 2.05) is 37.1 Å². The van der Waals surface area contributed by atoms with Crippen LogP contribution < -0.4 is 5.32 Å². The van der Waals surface area contributed by atoms with Crippen LogP contribution >= 0.6 is 24.8 Å². The van der Waals surface area contributed by atoms with Crippen molar-refractivity contribution in [2.75, 3.05) is 46.4 Å². The normalized spacial score (nSPS) is 16.7. The summed E-state index contributed by atoms with van der Waals surface area (Å²) in [4.78, 5) is 17.4. The fourth-order valence-electron chi connectivity index (χ4n) is 3.16. The average Bonchev–Trinajstić information content (AvgIpc) is 2.61. The van der Waals surface area contributed by atoms with Gasteiger partial charge in [-0.05, 0) is 19.5 Å². The Bertz CT molecular complexity index is 499. The lowest BCUT2D eigenvalue weighted by atomic mass is 10.1. The molecule has 2 rings (SSSR count). The van der Waals surface area contributed by atoms with Crippen LogP contribution in [0.3, 0.4) is 0 Å². The number of halogens is 2. The lowest BCUT2D eigenvalue weighted by molar-refractivity contribution is -0.138. The van der Waals surface area contributed by atoms with Crippen molar-refractivity contribution in [2.45, 2.75) is 26.4 Å². The van der Waals surface area contributed by atoms with Crippen LogP contribution in [0.5, 0.6) is 0 Å². The zero-order valence-corrected chi connectivity index (χ0v) is 17.7. The molecule has 150 valence electrons. The molecule has 1 N–H and O–H groups in total. The van der Waals surface area contributed by atoms with Gasteiger partial charge in [-0.3, -0.25) is 9.69 Å². The van der Waals surface area contributed by atoms with Gasteiger partial charge in [-0.15, -0.1) is 24.8 Å². The lowest BCUT2D eigenvalue weighted by Gasteiger charge is -2.36. The third-order valence-corrected chi connectivity index (χ3v) is 4.57. The highest BCUT2D eigenvalue weighted by molar-refractivity contribution is 5.85. The molecule has 0 saturated carbocycles. The summed E-state index contributed by atoms with van der Waals surface area (Å²) in [6.45, 7) is 9.89. The summed E-state index contributed by atoms with van der Waals surface area (Å²) in [7, 11) is 1.89. The quantitative estimate of drug-likeness (QED) is 0.721. The van der Waals surface area contributed by atoms with Crippen LogP contribution in [0.2, 0.25) is 0 Å². The molecule has 0 radical (unpaired) electrons. The van der Waals surface area contributed by atoms with E-state index in [4.69, 9.17) is 4.74 Å². The SMILES string of the molecule is CNCC(C)C(=O)N(Cc1ccccc1)C(C)CN1CCOCC1.Cl.Cl. The Labute approximate surface area is 170 Å². The van der Waals surface area contributed by atoms with Crippen LogP contribution in [0.1, 0.15) is 19.4 Å². The van der Waals surface area contributed by atoms with Gasteiger partial charge in [-0.1, -0.05) is 37.3 Å². The molecule has 1 heterocycles. The smallest absolute Gasteiger partial charge is 0.227 e. The number of rotatable bonds is 8. The van der Waals surface area contributed by atoms with Crippen molar-refractivity contribution >= 4 is 30.7 Å². The number of carbonyl (C=O) groups excluding carboxylic acids is 1. The summed E-state index contributed by atoms with van der Waals surface area (Å²) in [6.07, 6.45) is 0. The third kappa shape index (κ3) is 7.80. The molecular formula is C19H33Cl2N3O2. The van der Waals surface area contributed by atoms with Gasteiger partial charge in [0.05, 0.1) is 13.2 Å². The van der Waals surface area contributed by atoms with Crippen LogP contribution in [-0.4, -0.2) is 68.2 Å². The minimum Gasteiger partial charge on any atom is -0.379 e. The van der Waals surface area contributed by atoms with Crippen LogP contribution in [-0.2, 0) is 16.1 Å². The summed E-state index contributed by atoms with van der Waals surface area (Å²) < 4.78 is 5.42. The predicted octanol–water partition coefficient (Wildman–Crippen LogP) is 2.44. The molecule has 5 nitrogen and oxygen atoms in total. The van der Waals surface area contributed by atoms with Crippen LogP contribution in [0, 0.1) is 5.92 Å². The van der Waals surface area contributed by atoms with E-state index in [-0.39, 0.29) is 42.7 Å². The van der Waals surface area contributed by atoms with E-state index in [1.54, 1.807) is 0 Å². The summed E-state index contributed by atoms with van der Waals surface area (Å²) in [6, 6.07) is 10.4. The fraction of sp³-hybridized carbons (Fsp3) is 0.632. The van der Waals surface area contributed by atoms with Crippen molar-refractivity contribution < 1.29 is 9.53 Å². The van der Waals surface area contributed by atoms with Crippen molar-refractivity contribution in [3.05, 3.63) is 35.9 Å². The number of ether oxygens (including phenoxy) is 1. The first-order chi connectivity index (χ1) is 11.6. The van der Waals surface area contributed by atoms with Crippen molar-refractivity contribution in [2.24, 2.45) is 5.92 Å². The molecule has 2 atom stereocenters. The van der Waals surface area contributed by atoms with Crippen LogP contribution in [0.15, 0.2) is 30.3 Å². The summed E-state index contributed by atoms with van der Waals surface area (Å²) in [5.41, 5.74) is 1.18. The Kier molecular flexibility index (Phi) is 12.9. The molecule has 2 unspecified atom stereocenters. The average molecular weight is 406 g/mol.